The number of hydrogen-bond donors (Lipinski definition) is 1. The van der Waals surface area contributed by atoms with Crippen molar-refractivity contribution in [1.29, 1.82) is 0 Å². The Hall–Kier alpha value is -2.57. The predicted molar refractivity (Wildman–Crippen MR) is 74.4 cm³/mol. The molecular formula is C15H13F3N2O2. The minimum Gasteiger partial charge on any atom is -0.449 e. The van der Waals surface area contributed by atoms with Crippen molar-refractivity contribution in [3.05, 3.63) is 59.9 Å². The first kappa shape index (κ1) is 15.8. The van der Waals surface area contributed by atoms with Crippen molar-refractivity contribution < 1.29 is 22.7 Å². The van der Waals surface area contributed by atoms with E-state index < -0.39 is 17.8 Å². The highest BCUT2D eigenvalue weighted by Crippen LogP contribution is 2.30. The fraction of sp³-hybridized carbons (Fsp3) is 0.200. The highest BCUT2D eigenvalue weighted by atomic mass is 19.4. The zero-order valence-corrected chi connectivity index (χ0v) is 11.4. The zero-order valence-electron chi connectivity index (χ0n) is 11.4. The molecule has 1 N–H and O–H groups in total. The molecule has 0 fully saturated rings. The molecule has 0 saturated heterocycles. The monoisotopic (exact) mass is 310 g/mol. The van der Waals surface area contributed by atoms with E-state index in [1.807, 2.05) is 6.07 Å². The Morgan fingerprint density at radius 3 is 2.68 bits per heavy atom. The molecule has 22 heavy (non-hydrogen) atoms. The lowest BCUT2D eigenvalue weighted by atomic mass is 10.2. The number of pyridine rings is 1. The third kappa shape index (κ3) is 4.76. The number of nitrogens with zero attached hydrogens (tertiary/aromatic N) is 1. The molecule has 1 aromatic heterocycles. The van der Waals surface area contributed by atoms with Crippen LogP contribution in [0.15, 0.2) is 48.7 Å². The van der Waals surface area contributed by atoms with Gasteiger partial charge in [-0.2, -0.15) is 13.2 Å². The molecule has 0 spiro atoms. The largest absolute Gasteiger partial charge is 0.449 e. The third-order valence-corrected chi connectivity index (χ3v) is 2.75. The van der Waals surface area contributed by atoms with E-state index in [-0.39, 0.29) is 12.3 Å². The maximum Gasteiger partial charge on any atom is 0.416 e. The first-order valence-electron chi connectivity index (χ1n) is 6.46. The highest BCUT2D eigenvalue weighted by Gasteiger charge is 2.30. The number of ether oxygens (including phenoxy) is 1. The van der Waals surface area contributed by atoms with Crippen LogP contribution >= 0.6 is 0 Å². The van der Waals surface area contributed by atoms with Gasteiger partial charge in [0, 0.05) is 24.0 Å². The smallest absolute Gasteiger partial charge is 0.416 e. The fourth-order valence-electron chi connectivity index (χ4n) is 1.72. The number of hydrogen-bond acceptors (Lipinski definition) is 3. The summed E-state index contributed by atoms with van der Waals surface area (Å²) in [6, 6.07) is 9.71. The van der Waals surface area contributed by atoms with Crippen molar-refractivity contribution in [2.75, 3.05) is 11.9 Å². The van der Waals surface area contributed by atoms with Gasteiger partial charge in [0.2, 0.25) is 0 Å². The van der Waals surface area contributed by atoms with Gasteiger partial charge in [0.15, 0.2) is 0 Å². The van der Waals surface area contributed by atoms with Crippen LogP contribution in [0.5, 0.6) is 0 Å². The van der Waals surface area contributed by atoms with E-state index in [4.69, 9.17) is 4.74 Å². The molecule has 0 aliphatic carbocycles. The summed E-state index contributed by atoms with van der Waals surface area (Å²) in [5, 5.41) is 2.26. The van der Waals surface area contributed by atoms with Gasteiger partial charge in [-0.05, 0) is 30.3 Å². The Labute approximate surface area is 124 Å². The second kappa shape index (κ2) is 6.93. The quantitative estimate of drug-likeness (QED) is 0.932. The van der Waals surface area contributed by atoms with E-state index in [0.717, 1.165) is 17.8 Å². The summed E-state index contributed by atoms with van der Waals surface area (Å²) in [6.07, 6.45) is -3.22. The molecule has 2 aromatic rings. The topological polar surface area (TPSA) is 51.2 Å². The molecule has 2 rings (SSSR count). The number of nitrogens with one attached hydrogen (secondary N) is 1. The lowest BCUT2D eigenvalue weighted by Crippen LogP contribution is -2.16. The van der Waals surface area contributed by atoms with Crippen molar-refractivity contribution in [2.45, 2.75) is 12.6 Å². The Balaban J connectivity index is 1.84. The number of halogens is 3. The number of benzene rings is 1. The van der Waals surface area contributed by atoms with Crippen molar-refractivity contribution in [2.24, 2.45) is 0 Å². The van der Waals surface area contributed by atoms with Crippen LogP contribution in [0.1, 0.15) is 11.3 Å². The number of rotatable bonds is 4. The van der Waals surface area contributed by atoms with E-state index in [0.29, 0.717) is 6.42 Å². The van der Waals surface area contributed by atoms with Gasteiger partial charge in [0.1, 0.15) is 0 Å². The maximum atomic E-state index is 12.5. The second-order valence-electron chi connectivity index (χ2n) is 4.41. The van der Waals surface area contributed by atoms with Gasteiger partial charge in [0.05, 0.1) is 12.2 Å². The third-order valence-electron chi connectivity index (χ3n) is 2.75. The predicted octanol–water partition coefficient (Wildman–Crippen LogP) is 3.89. The Morgan fingerprint density at radius 1 is 1.18 bits per heavy atom. The highest BCUT2D eigenvalue weighted by molar-refractivity contribution is 5.84. The van der Waals surface area contributed by atoms with Gasteiger partial charge in [0.25, 0.3) is 0 Å². The molecule has 0 radical (unpaired) electrons. The minimum atomic E-state index is -4.46. The summed E-state index contributed by atoms with van der Waals surface area (Å²) in [5.41, 5.74) is -0.0502. The molecule has 0 saturated carbocycles. The SMILES string of the molecule is O=C(Nc1cccc(C(F)(F)F)c1)OCCc1ccccn1. The van der Waals surface area contributed by atoms with Crippen LogP contribution in [0.25, 0.3) is 0 Å². The van der Waals surface area contributed by atoms with Crippen LogP contribution in [0.3, 0.4) is 0 Å². The normalized spacial score (nSPS) is 11.0. The minimum absolute atomic E-state index is 0.0256. The molecule has 1 amide bonds. The van der Waals surface area contributed by atoms with Gasteiger partial charge in [-0.25, -0.2) is 4.79 Å². The summed E-state index contributed by atoms with van der Waals surface area (Å²) in [7, 11) is 0. The molecule has 0 aliphatic rings. The molecule has 0 atom stereocenters. The average Bonchev–Trinajstić information content (AvgIpc) is 2.48. The number of amides is 1. The van der Waals surface area contributed by atoms with Gasteiger partial charge >= 0.3 is 12.3 Å². The van der Waals surface area contributed by atoms with Gasteiger partial charge < -0.3 is 4.74 Å². The Kier molecular flexibility index (Phi) is 4.98. The van der Waals surface area contributed by atoms with Crippen molar-refractivity contribution >= 4 is 11.8 Å². The fourth-order valence-corrected chi connectivity index (χ4v) is 1.72. The summed E-state index contributed by atoms with van der Waals surface area (Å²) in [5.74, 6) is 0. The summed E-state index contributed by atoms with van der Waals surface area (Å²) in [6.45, 7) is 0.0851. The van der Waals surface area contributed by atoms with Gasteiger partial charge in [-0.15, -0.1) is 0 Å². The molecule has 1 heterocycles. The molecular weight excluding hydrogens is 297 g/mol. The van der Waals surface area contributed by atoms with Crippen LogP contribution in [-0.2, 0) is 17.3 Å². The number of anilines is 1. The number of aromatic nitrogens is 1. The second-order valence-corrected chi connectivity index (χ2v) is 4.41. The van der Waals surface area contributed by atoms with Crippen molar-refractivity contribution in [3.8, 4) is 0 Å². The van der Waals surface area contributed by atoms with Crippen LogP contribution < -0.4 is 5.32 Å². The molecule has 116 valence electrons. The molecule has 1 aromatic carbocycles. The van der Waals surface area contributed by atoms with Crippen molar-refractivity contribution in [3.63, 3.8) is 0 Å². The van der Waals surface area contributed by atoms with Gasteiger partial charge in [-0.3, -0.25) is 10.3 Å². The first-order chi connectivity index (χ1) is 10.4. The summed E-state index contributed by atoms with van der Waals surface area (Å²) >= 11 is 0. The van der Waals surface area contributed by atoms with Crippen LogP contribution in [0.4, 0.5) is 23.7 Å². The first-order valence-corrected chi connectivity index (χ1v) is 6.46. The molecule has 7 heteroatoms. The van der Waals surface area contributed by atoms with E-state index >= 15 is 0 Å². The van der Waals surface area contributed by atoms with Gasteiger partial charge in [-0.1, -0.05) is 12.1 Å². The van der Waals surface area contributed by atoms with E-state index in [1.165, 1.54) is 12.1 Å². The number of carbonyl (C=O) groups is 1. The molecule has 0 aliphatic heterocycles. The Bertz CT molecular complexity index is 630. The van der Waals surface area contributed by atoms with E-state index in [9.17, 15) is 18.0 Å². The summed E-state index contributed by atoms with van der Waals surface area (Å²) in [4.78, 5) is 15.6. The number of carbonyl (C=O) groups excluding carboxylic acids is 1. The van der Waals surface area contributed by atoms with Crippen LogP contribution in [0.2, 0.25) is 0 Å². The van der Waals surface area contributed by atoms with Crippen molar-refractivity contribution in [1.82, 2.24) is 4.98 Å². The molecule has 0 bridgehead atoms. The van der Waals surface area contributed by atoms with Crippen LogP contribution in [-0.4, -0.2) is 17.7 Å². The molecule has 4 nitrogen and oxygen atoms in total. The average molecular weight is 310 g/mol. The maximum absolute atomic E-state index is 12.5. The standard InChI is InChI=1S/C15H13F3N2O2/c16-15(17,18)11-4-3-6-13(10-11)20-14(21)22-9-7-12-5-1-2-8-19-12/h1-6,8,10H,7,9H2,(H,20,21). The molecule has 0 unspecified atom stereocenters. The summed E-state index contributed by atoms with van der Waals surface area (Å²) < 4.78 is 42.5. The van der Waals surface area contributed by atoms with Crippen LogP contribution in [0, 0.1) is 0 Å². The lowest BCUT2D eigenvalue weighted by molar-refractivity contribution is -0.137. The van der Waals surface area contributed by atoms with E-state index in [1.54, 1.807) is 18.3 Å². The van der Waals surface area contributed by atoms with E-state index in [2.05, 4.69) is 10.3 Å². The lowest BCUT2D eigenvalue weighted by Gasteiger charge is -2.10. The zero-order chi connectivity index (χ0) is 16.0. The Morgan fingerprint density at radius 2 is 2.00 bits per heavy atom. The number of alkyl halides is 3.